The highest BCUT2D eigenvalue weighted by atomic mass is 16.3. The van der Waals surface area contributed by atoms with Gasteiger partial charge in [-0.2, -0.15) is 5.10 Å². The van der Waals surface area contributed by atoms with Gasteiger partial charge in [0.2, 0.25) is 0 Å². The summed E-state index contributed by atoms with van der Waals surface area (Å²) in [5, 5.41) is 31.3. The van der Waals surface area contributed by atoms with Crippen molar-refractivity contribution in [1.82, 2.24) is 5.01 Å². The highest BCUT2D eigenvalue weighted by Crippen LogP contribution is 2.08. The average molecular weight is 174 g/mol. The van der Waals surface area contributed by atoms with Gasteiger partial charge in [-0.05, 0) is 0 Å². The number of nitrogens with zero attached hydrogens (tertiary/aromatic N) is 2. The Bertz CT molecular complexity index is 228. The first-order valence-electron chi connectivity index (χ1n) is 3.40. The number of carbonyl (C=O) groups excluding carboxylic acids is 1. The fourth-order valence-corrected chi connectivity index (χ4v) is 0.935. The molecule has 3 N–H and O–H groups in total. The molecule has 1 aliphatic heterocycles. The molecule has 1 amide bonds. The SMILES string of the molecule is CN1N=C(CO)C(O)C(O)C1=O. The summed E-state index contributed by atoms with van der Waals surface area (Å²) in [4.78, 5) is 10.9. The molecule has 1 rings (SSSR count). The van der Waals surface area contributed by atoms with E-state index >= 15 is 0 Å². The summed E-state index contributed by atoms with van der Waals surface area (Å²) in [5.74, 6) is -0.681. The zero-order chi connectivity index (χ0) is 9.30. The maximum Gasteiger partial charge on any atom is 0.274 e. The number of hydrogen-bond donors (Lipinski definition) is 3. The third kappa shape index (κ3) is 1.31. The van der Waals surface area contributed by atoms with E-state index in [1.807, 2.05) is 0 Å². The Balaban J connectivity index is 2.91. The molecule has 6 nitrogen and oxygen atoms in total. The number of likely N-dealkylation sites (N-methyl/N-ethyl adjacent to an activating group) is 1. The first-order valence-corrected chi connectivity index (χ1v) is 3.40. The van der Waals surface area contributed by atoms with Gasteiger partial charge in [0, 0.05) is 7.05 Å². The van der Waals surface area contributed by atoms with Crippen LogP contribution in [-0.2, 0) is 4.79 Å². The third-order valence-electron chi connectivity index (χ3n) is 1.65. The lowest BCUT2D eigenvalue weighted by Gasteiger charge is -2.27. The predicted molar refractivity (Wildman–Crippen MR) is 39.3 cm³/mol. The van der Waals surface area contributed by atoms with E-state index in [2.05, 4.69) is 5.10 Å². The third-order valence-corrected chi connectivity index (χ3v) is 1.65. The van der Waals surface area contributed by atoms with Crippen LogP contribution < -0.4 is 0 Å². The summed E-state index contributed by atoms with van der Waals surface area (Å²) in [6, 6.07) is 0. The fourth-order valence-electron chi connectivity index (χ4n) is 0.935. The minimum Gasteiger partial charge on any atom is -0.390 e. The van der Waals surface area contributed by atoms with Crippen molar-refractivity contribution in [2.45, 2.75) is 12.2 Å². The van der Waals surface area contributed by atoms with Crippen LogP contribution in [0.4, 0.5) is 0 Å². The second kappa shape index (κ2) is 3.18. The quantitative estimate of drug-likeness (QED) is 0.410. The molecule has 2 unspecified atom stereocenters. The van der Waals surface area contributed by atoms with Crippen LogP contribution in [0.25, 0.3) is 0 Å². The van der Waals surface area contributed by atoms with Crippen LogP contribution in [-0.4, -0.2) is 57.8 Å². The smallest absolute Gasteiger partial charge is 0.274 e. The van der Waals surface area contributed by atoms with Crippen LogP contribution in [0.2, 0.25) is 0 Å². The maximum atomic E-state index is 10.9. The van der Waals surface area contributed by atoms with Crippen LogP contribution >= 0.6 is 0 Å². The molecule has 12 heavy (non-hydrogen) atoms. The molecule has 6 heteroatoms. The lowest BCUT2D eigenvalue weighted by molar-refractivity contribution is -0.144. The molecule has 0 aliphatic carbocycles. The van der Waals surface area contributed by atoms with Crippen LogP contribution in [0, 0.1) is 0 Å². The minimum atomic E-state index is -1.52. The van der Waals surface area contributed by atoms with Crippen molar-refractivity contribution in [3.63, 3.8) is 0 Å². The van der Waals surface area contributed by atoms with Gasteiger partial charge in [0.15, 0.2) is 6.10 Å². The highest BCUT2D eigenvalue weighted by Gasteiger charge is 2.34. The summed E-state index contributed by atoms with van der Waals surface area (Å²) in [5.41, 5.74) is -0.00963. The van der Waals surface area contributed by atoms with Crippen LogP contribution in [0.5, 0.6) is 0 Å². The zero-order valence-corrected chi connectivity index (χ0v) is 6.51. The fraction of sp³-hybridized carbons (Fsp3) is 0.667. The van der Waals surface area contributed by atoms with Gasteiger partial charge in [-0.3, -0.25) is 4.79 Å². The molecule has 2 atom stereocenters. The summed E-state index contributed by atoms with van der Waals surface area (Å²) < 4.78 is 0. The lowest BCUT2D eigenvalue weighted by atomic mass is 10.1. The van der Waals surface area contributed by atoms with Gasteiger partial charge < -0.3 is 15.3 Å². The summed E-state index contributed by atoms with van der Waals surface area (Å²) in [7, 11) is 1.34. The molecule has 0 fully saturated rings. The van der Waals surface area contributed by atoms with E-state index in [9.17, 15) is 4.79 Å². The predicted octanol–water partition coefficient (Wildman–Crippen LogP) is -2.47. The topological polar surface area (TPSA) is 93.4 Å². The van der Waals surface area contributed by atoms with Crippen molar-refractivity contribution < 1.29 is 20.1 Å². The molecule has 68 valence electrons. The number of hydrazone groups is 1. The molecule has 1 aliphatic rings. The van der Waals surface area contributed by atoms with Crippen molar-refractivity contribution in [1.29, 1.82) is 0 Å². The number of amides is 1. The van der Waals surface area contributed by atoms with E-state index in [4.69, 9.17) is 15.3 Å². The molecule has 0 spiro atoms. The molecule has 0 saturated carbocycles. The number of aliphatic hydroxyl groups excluding tert-OH is 3. The van der Waals surface area contributed by atoms with E-state index in [0.717, 1.165) is 5.01 Å². The van der Waals surface area contributed by atoms with Crippen molar-refractivity contribution in [2.24, 2.45) is 5.10 Å². The average Bonchev–Trinajstić information content (AvgIpc) is 2.08. The van der Waals surface area contributed by atoms with Gasteiger partial charge in [-0.15, -0.1) is 0 Å². The molecular weight excluding hydrogens is 164 g/mol. The molecular formula is C6H10N2O4. The summed E-state index contributed by atoms with van der Waals surface area (Å²) >= 11 is 0. The Kier molecular flexibility index (Phi) is 2.41. The molecule has 0 aromatic rings. The Morgan fingerprint density at radius 3 is 2.58 bits per heavy atom. The Labute approximate surface area is 68.7 Å². The number of rotatable bonds is 1. The normalized spacial score (nSPS) is 30.5. The van der Waals surface area contributed by atoms with Gasteiger partial charge in [-0.1, -0.05) is 0 Å². The molecule has 0 aromatic carbocycles. The number of aliphatic hydroxyl groups is 3. The lowest BCUT2D eigenvalue weighted by Crippen LogP contribution is -2.50. The van der Waals surface area contributed by atoms with Gasteiger partial charge >= 0.3 is 0 Å². The molecule has 0 aromatic heterocycles. The second-order valence-corrected chi connectivity index (χ2v) is 2.50. The van der Waals surface area contributed by atoms with Crippen molar-refractivity contribution >= 4 is 11.6 Å². The van der Waals surface area contributed by atoms with E-state index in [1.54, 1.807) is 0 Å². The van der Waals surface area contributed by atoms with Crippen molar-refractivity contribution in [2.75, 3.05) is 13.7 Å². The Hall–Kier alpha value is -0.980. The first-order chi connectivity index (χ1) is 5.57. The summed E-state index contributed by atoms with van der Waals surface area (Å²) in [6.07, 6.45) is -2.91. The standard InChI is InChI=1S/C6H10N2O4/c1-8-6(12)5(11)4(10)3(2-9)7-8/h4-5,9-11H,2H2,1H3. The van der Waals surface area contributed by atoms with Gasteiger partial charge in [0.25, 0.3) is 5.91 Å². The van der Waals surface area contributed by atoms with E-state index in [-0.39, 0.29) is 5.71 Å². The van der Waals surface area contributed by atoms with Crippen LogP contribution in [0.1, 0.15) is 0 Å². The van der Waals surface area contributed by atoms with E-state index in [1.165, 1.54) is 7.05 Å². The second-order valence-electron chi connectivity index (χ2n) is 2.50. The molecule has 0 bridgehead atoms. The largest absolute Gasteiger partial charge is 0.390 e. The van der Waals surface area contributed by atoms with Crippen LogP contribution in [0.15, 0.2) is 5.10 Å². The monoisotopic (exact) mass is 174 g/mol. The van der Waals surface area contributed by atoms with Crippen molar-refractivity contribution in [3.8, 4) is 0 Å². The van der Waals surface area contributed by atoms with Gasteiger partial charge in [-0.25, -0.2) is 5.01 Å². The number of hydrogen-bond acceptors (Lipinski definition) is 5. The van der Waals surface area contributed by atoms with Gasteiger partial charge in [0.05, 0.1) is 12.3 Å². The highest BCUT2D eigenvalue weighted by molar-refractivity contribution is 5.99. The van der Waals surface area contributed by atoms with Crippen LogP contribution in [0.3, 0.4) is 0 Å². The Morgan fingerprint density at radius 1 is 1.50 bits per heavy atom. The zero-order valence-electron chi connectivity index (χ0n) is 6.51. The molecule has 1 heterocycles. The van der Waals surface area contributed by atoms with Crippen molar-refractivity contribution in [3.05, 3.63) is 0 Å². The van der Waals surface area contributed by atoms with Gasteiger partial charge in [0.1, 0.15) is 6.10 Å². The summed E-state index contributed by atoms with van der Waals surface area (Å²) in [6.45, 7) is -0.476. The molecule has 0 saturated heterocycles. The van der Waals surface area contributed by atoms with E-state index < -0.39 is 24.7 Å². The molecule has 0 radical (unpaired) electrons. The Morgan fingerprint density at radius 2 is 2.08 bits per heavy atom. The first kappa shape index (κ1) is 9.11. The number of carbonyl (C=O) groups is 1. The minimum absolute atomic E-state index is 0.00963. The maximum absolute atomic E-state index is 10.9. The van der Waals surface area contributed by atoms with E-state index in [0.29, 0.717) is 0 Å².